The summed E-state index contributed by atoms with van der Waals surface area (Å²) >= 11 is 0. The number of hydrogen-bond acceptors (Lipinski definition) is 9. The van der Waals surface area contributed by atoms with Gasteiger partial charge >= 0.3 is 6.18 Å². The maximum absolute atomic E-state index is 12.8. The summed E-state index contributed by atoms with van der Waals surface area (Å²) in [5, 5.41) is 27.2. The van der Waals surface area contributed by atoms with Crippen molar-refractivity contribution < 1.29 is 13.2 Å². The molecular formula is C19H13F3N10. The van der Waals surface area contributed by atoms with E-state index < -0.39 is 17.8 Å². The minimum absolute atomic E-state index is 0.00437. The van der Waals surface area contributed by atoms with Gasteiger partial charge in [0.2, 0.25) is 5.96 Å². The maximum Gasteiger partial charge on any atom is 0.419 e. The van der Waals surface area contributed by atoms with Crippen molar-refractivity contribution in [1.29, 1.82) is 10.5 Å². The van der Waals surface area contributed by atoms with Crippen molar-refractivity contribution >= 4 is 23.3 Å². The number of guanidine groups is 1. The zero-order chi connectivity index (χ0) is 23.0. The molecule has 1 aromatic carbocycles. The van der Waals surface area contributed by atoms with Crippen molar-refractivity contribution in [2.45, 2.75) is 12.2 Å². The van der Waals surface area contributed by atoms with E-state index in [-0.39, 0.29) is 28.8 Å². The number of aliphatic imine (C=N–C) groups is 1. The van der Waals surface area contributed by atoms with Gasteiger partial charge in [-0.25, -0.2) is 14.7 Å². The highest BCUT2D eigenvalue weighted by Crippen LogP contribution is 2.40. The normalized spacial score (nSPS) is 15.0. The summed E-state index contributed by atoms with van der Waals surface area (Å²) in [7, 11) is 0. The van der Waals surface area contributed by atoms with Crippen LogP contribution in [0.2, 0.25) is 0 Å². The standard InChI is InChI=1S/C19H13F3N10/c20-19(21,22)10-6-28-32(7-10)11-3-1-9(2-4-11)15-13-14(25)12(5-23)16(26)30-17(13)31-18(29-15)27-8-24/h1-4,6-7,15H,(H6,25,26,27,29,30,31). The van der Waals surface area contributed by atoms with Crippen LogP contribution in [0, 0.1) is 22.8 Å². The van der Waals surface area contributed by atoms with E-state index in [9.17, 15) is 18.4 Å². The van der Waals surface area contributed by atoms with Gasteiger partial charge in [-0.05, 0) is 17.7 Å². The van der Waals surface area contributed by atoms with E-state index in [1.165, 1.54) is 0 Å². The number of nitriles is 2. The lowest BCUT2D eigenvalue weighted by atomic mass is 9.95. The predicted octanol–water partition coefficient (Wildman–Crippen LogP) is 2.26. The molecule has 1 aliphatic heterocycles. The number of alkyl halides is 3. The van der Waals surface area contributed by atoms with Gasteiger partial charge in [0, 0.05) is 11.8 Å². The first kappa shape index (κ1) is 20.5. The summed E-state index contributed by atoms with van der Waals surface area (Å²) in [6.45, 7) is 0. The van der Waals surface area contributed by atoms with Gasteiger partial charge in [0.25, 0.3) is 0 Å². The molecule has 2 aromatic heterocycles. The Balaban J connectivity index is 1.77. The van der Waals surface area contributed by atoms with Gasteiger partial charge in [0.05, 0.1) is 23.1 Å². The van der Waals surface area contributed by atoms with Crippen molar-refractivity contribution in [3.05, 3.63) is 58.9 Å². The van der Waals surface area contributed by atoms with Gasteiger partial charge in [-0.1, -0.05) is 12.1 Å². The molecule has 3 heterocycles. The first-order valence-corrected chi connectivity index (χ1v) is 8.94. The number of nitrogens with one attached hydrogen (secondary N) is 2. The maximum atomic E-state index is 12.8. The second-order valence-corrected chi connectivity index (χ2v) is 6.66. The number of nitrogens with two attached hydrogens (primary N) is 2. The molecule has 0 saturated heterocycles. The van der Waals surface area contributed by atoms with Crippen molar-refractivity contribution in [3.63, 3.8) is 0 Å². The fraction of sp³-hybridized carbons (Fsp3) is 0.105. The minimum Gasteiger partial charge on any atom is -0.397 e. The highest BCUT2D eigenvalue weighted by molar-refractivity contribution is 5.98. The summed E-state index contributed by atoms with van der Waals surface area (Å²) in [5.74, 6) is 0.234. The fourth-order valence-electron chi connectivity index (χ4n) is 3.24. The van der Waals surface area contributed by atoms with Gasteiger partial charge < -0.3 is 16.8 Å². The average Bonchev–Trinajstić information content (AvgIpc) is 3.25. The monoisotopic (exact) mass is 438 g/mol. The highest BCUT2D eigenvalue weighted by Gasteiger charge is 2.32. The van der Waals surface area contributed by atoms with E-state index >= 15 is 0 Å². The number of pyridine rings is 1. The summed E-state index contributed by atoms with van der Waals surface area (Å²) in [4.78, 5) is 8.58. The van der Waals surface area contributed by atoms with Crippen molar-refractivity contribution in [1.82, 2.24) is 20.1 Å². The molecule has 160 valence electrons. The number of nitrogens with zero attached hydrogens (tertiary/aromatic N) is 6. The number of nitrogen functional groups attached to an aromatic ring is 2. The molecule has 6 N–H and O–H groups in total. The van der Waals surface area contributed by atoms with Crippen LogP contribution in [0.4, 0.5) is 30.5 Å². The van der Waals surface area contributed by atoms with Crippen LogP contribution in [-0.4, -0.2) is 20.7 Å². The number of hydrogen-bond donors (Lipinski definition) is 4. The molecular weight excluding hydrogens is 425 g/mol. The molecule has 13 heteroatoms. The quantitative estimate of drug-likeness (QED) is 0.349. The molecule has 0 fully saturated rings. The van der Waals surface area contributed by atoms with Crippen LogP contribution >= 0.6 is 0 Å². The van der Waals surface area contributed by atoms with Gasteiger partial charge in [-0.2, -0.15) is 28.8 Å². The smallest absolute Gasteiger partial charge is 0.397 e. The first-order valence-electron chi connectivity index (χ1n) is 8.94. The summed E-state index contributed by atoms with van der Waals surface area (Å²) in [6.07, 6.45) is -1.13. The summed E-state index contributed by atoms with van der Waals surface area (Å²) in [5.41, 5.74) is 12.5. The molecule has 0 bridgehead atoms. The van der Waals surface area contributed by atoms with Gasteiger partial charge in [-0.15, -0.1) is 0 Å². The molecule has 0 amide bonds. The summed E-state index contributed by atoms with van der Waals surface area (Å²) in [6, 6.07) is 7.51. The average molecular weight is 438 g/mol. The molecule has 0 saturated carbocycles. The van der Waals surface area contributed by atoms with Crippen molar-refractivity contribution in [2.75, 3.05) is 16.8 Å². The van der Waals surface area contributed by atoms with E-state index in [0.717, 1.165) is 17.1 Å². The van der Waals surface area contributed by atoms with Crippen LogP contribution in [-0.2, 0) is 6.18 Å². The second-order valence-electron chi connectivity index (χ2n) is 6.66. The molecule has 1 unspecified atom stereocenters. The zero-order valence-corrected chi connectivity index (χ0v) is 16.0. The predicted molar refractivity (Wildman–Crippen MR) is 108 cm³/mol. The molecule has 0 spiro atoms. The molecule has 3 aromatic rings. The highest BCUT2D eigenvalue weighted by atomic mass is 19.4. The number of halogens is 3. The van der Waals surface area contributed by atoms with Crippen LogP contribution in [0.3, 0.4) is 0 Å². The lowest BCUT2D eigenvalue weighted by Gasteiger charge is -2.26. The molecule has 1 aliphatic rings. The second kappa shape index (κ2) is 7.48. The third kappa shape index (κ3) is 3.48. The van der Waals surface area contributed by atoms with E-state index in [4.69, 9.17) is 16.7 Å². The van der Waals surface area contributed by atoms with Gasteiger partial charge in [0.1, 0.15) is 29.3 Å². The molecule has 4 rings (SSSR count). The van der Waals surface area contributed by atoms with E-state index in [1.54, 1.807) is 30.5 Å². The summed E-state index contributed by atoms with van der Waals surface area (Å²) < 4.78 is 39.6. The Morgan fingerprint density at radius 1 is 1.16 bits per heavy atom. The Morgan fingerprint density at radius 2 is 1.88 bits per heavy atom. The van der Waals surface area contributed by atoms with E-state index in [2.05, 4.69) is 25.7 Å². The van der Waals surface area contributed by atoms with Gasteiger partial charge in [0.15, 0.2) is 6.19 Å². The largest absolute Gasteiger partial charge is 0.419 e. The lowest BCUT2D eigenvalue weighted by molar-refractivity contribution is -0.137. The van der Waals surface area contributed by atoms with Crippen LogP contribution in [0.5, 0.6) is 0 Å². The fourth-order valence-corrected chi connectivity index (χ4v) is 3.24. The molecule has 0 aliphatic carbocycles. The third-order valence-corrected chi connectivity index (χ3v) is 4.74. The minimum atomic E-state index is -4.50. The molecule has 10 nitrogen and oxygen atoms in total. The zero-order valence-electron chi connectivity index (χ0n) is 16.0. The van der Waals surface area contributed by atoms with Crippen LogP contribution < -0.4 is 22.1 Å². The lowest BCUT2D eigenvalue weighted by Crippen LogP contribution is -2.32. The van der Waals surface area contributed by atoms with Crippen molar-refractivity contribution in [2.24, 2.45) is 4.99 Å². The Hall–Kier alpha value is -4.78. The number of benzene rings is 1. The number of fused-ring (bicyclic) bond motifs is 1. The molecule has 0 radical (unpaired) electrons. The number of rotatable bonds is 2. The third-order valence-electron chi connectivity index (χ3n) is 4.74. The number of anilines is 3. The Labute approximate surface area is 178 Å². The first-order chi connectivity index (χ1) is 15.2. The Kier molecular flexibility index (Phi) is 4.79. The molecule has 32 heavy (non-hydrogen) atoms. The topological polar surface area (TPSA) is 167 Å². The molecule has 1 atom stereocenters. The number of aromatic nitrogens is 3. The SMILES string of the molecule is N#CNC1=NC(c2ccc(-n3cc(C(F)(F)F)cn3)cc2)c2c(nc(N)c(C#N)c2N)N1. The van der Waals surface area contributed by atoms with Gasteiger partial charge in [-0.3, -0.25) is 5.32 Å². The van der Waals surface area contributed by atoms with Crippen LogP contribution in [0.25, 0.3) is 5.69 Å². The van der Waals surface area contributed by atoms with Crippen LogP contribution in [0.15, 0.2) is 41.7 Å². The van der Waals surface area contributed by atoms with E-state index in [1.807, 2.05) is 6.07 Å². The van der Waals surface area contributed by atoms with Crippen molar-refractivity contribution in [3.8, 4) is 17.9 Å². The van der Waals surface area contributed by atoms with E-state index in [0.29, 0.717) is 16.8 Å². The van der Waals surface area contributed by atoms with Crippen LogP contribution in [0.1, 0.15) is 28.3 Å². The Bertz CT molecular complexity index is 1310. The Morgan fingerprint density at radius 3 is 2.47 bits per heavy atom.